The molecule has 1 aromatic carbocycles. The van der Waals surface area contributed by atoms with Gasteiger partial charge in [-0.15, -0.1) is 0 Å². The molecule has 1 aromatic heterocycles. The number of nitrogens with zero attached hydrogens (tertiary/aromatic N) is 3. The van der Waals surface area contributed by atoms with Crippen molar-refractivity contribution in [1.29, 1.82) is 0 Å². The summed E-state index contributed by atoms with van der Waals surface area (Å²) < 4.78 is 17.3. The van der Waals surface area contributed by atoms with Gasteiger partial charge in [-0.05, 0) is 24.3 Å². The van der Waals surface area contributed by atoms with E-state index in [9.17, 15) is 4.79 Å². The molecule has 0 amide bonds. The van der Waals surface area contributed by atoms with Crippen molar-refractivity contribution < 1.29 is 19.0 Å². The quantitative estimate of drug-likeness (QED) is 0.635. The van der Waals surface area contributed by atoms with Gasteiger partial charge in [0, 0.05) is 24.4 Å². The van der Waals surface area contributed by atoms with E-state index in [1.54, 1.807) is 55.5 Å². The number of aromatic nitrogens is 2. The fraction of sp³-hybridized carbons (Fsp3) is 0.188. The molecule has 2 heterocycles. The predicted molar refractivity (Wildman–Crippen MR) is 83.4 cm³/mol. The summed E-state index contributed by atoms with van der Waals surface area (Å²) in [4.78, 5) is 16.2. The number of rotatable bonds is 4. The summed E-state index contributed by atoms with van der Waals surface area (Å²) in [6.07, 6.45) is 5.05. The lowest BCUT2D eigenvalue weighted by atomic mass is 10.2. The van der Waals surface area contributed by atoms with E-state index in [0.29, 0.717) is 17.1 Å². The highest BCUT2D eigenvalue weighted by molar-refractivity contribution is 6.13. The molecule has 0 fully saturated rings. The highest BCUT2D eigenvalue weighted by Gasteiger charge is 2.25. The van der Waals surface area contributed by atoms with Crippen LogP contribution in [-0.2, 0) is 16.6 Å². The molecule has 7 heteroatoms. The van der Waals surface area contributed by atoms with Crippen LogP contribution >= 0.6 is 0 Å². The van der Waals surface area contributed by atoms with Crippen molar-refractivity contribution in [1.82, 2.24) is 9.78 Å². The molecular formula is C16H15N3O4. The molecule has 1 aliphatic rings. The first kappa shape index (κ1) is 14.8. The highest BCUT2D eigenvalue weighted by Crippen LogP contribution is 2.29. The molecule has 0 unspecified atom stereocenters. The first-order valence-corrected chi connectivity index (χ1v) is 6.84. The molecule has 2 aromatic rings. The SMILES string of the molecule is COc1ccc(C2=N/C(=C\c3cnn(C)c3)C(=O)O2)cc1OC. The molecule has 0 saturated carbocycles. The zero-order valence-electron chi connectivity index (χ0n) is 12.9. The third kappa shape index (κ3) is 2.94. The first-order valence-electron chi connectivity index (χ1n) is 6.84. The molecule has 0 spiro atoms. The maximum Gasteiger partial charge on any atom is 0.363 e. The summed E-state index contributed by atoms with van der Waals surface area (Å²) >= 11 is 0. The third-order valence-electron chi connectivity index (χ3n) is 3.28. The normalized spacial score (nSPS) is 15.5. The molecule has 0 radical (unpaired) electrons. The Morgan fingerprint density at radius 1 is 1.22 bits per heavy atom. The van der Waals surface area contributed by atoms with Crippen molar-refractivity contribution in [2.45, 2.75) is 0 Å². The Morgan fingerprint density at radius 2 is 2.00 bits per heavy atom. The standard InChI is InChI=1S/C16H15N3O4/c1-19-9-10(8-17-19)6-12-16(20)23-15(18-12)11-4-5-13(21-2)14(7-11)22-3/h4-9H,1-3H3/b12-6-. The lowest BCUT2D eigenvalue weighted by Crippen LogP contribution is -2.05. The van der Waals surface area contributed by atoms with Gasteiger partial charge in [-0.1, -0.05) is 0 Å². The Bertz CT molecular complexity index is 820. The Morgan fingerprint density at radius 3 is 2.65 bits per heavy atom. The number of aryl methyl sites for hydroxylation is 1. The van der Waals surface area contributed by atoms with Crippen LogP contribution in [0.4, 0.5) is 0 Å². The lowest BCUT2D eigenvalue weighted by molar-refractivity contribution is -0.129. The fourth-order valence-electron chi connectivity index (χ4n) is 2.17. The minimum Gasteiger partial charge on any atom is -0.493 e. The number of benzene rings is 1. The van der Waals surface area contributed by atoms with E-state index >= 15 is 0 Å². The zero-order valence-corrected chi connectivity index (χ0v) is 12.9. The summed E-state index contributed by atoms with van der Waals surface area (Å²) in [5.74, 6) is 0.852. The van der Waals surface area contributed by atoms with Gasteiger partial charge >= 0.3 is 5.97 Å². The summed E-state index contributed by atoms with van der Waals surface area (Å²) in [6.45, 7) is 0. The first-order chi connectivity index (χ1) is 11.1. The molecule has 0 atom stereocenters. The van der Waals surface area contributed by atoms with E-state index < -0.39 is 5.97 Å². The monoisotopic (exact) mass is 313 g/mol. The third-order valence-corrected chi connectivity index (χ3v) is 3.28. The average molecular weight is 313 g/mol. The summed E-state index contributed by atoms with van der Waals surface area (Å²) in [5, 5.41) is 4.04. The number of esters is 1. The van der Waals surface area contributed by atoms with Crippen LogP contribution in [-0.4, -0.2) is 35.9 Å². The van der Waals surface area contributed by atoms with Crippen molar-refractivity contribution in [3.63, 3.8) is 0 Å². The second-order valence-electron chi connectivity index (χ2n) is 4.85. The number of aliphatic imine (C=N–C) groups is 1. The van der Waals surface area contributed by atoms with Gasteiger partial charge in [0.05, 0.1) is 20.4 Å². The number of cyclic esters (lactones) is 1. The molecule has 7 nitrogen and oxygen atoms in total. The van der Waals surface area contributed by atoms with Crippen LogP contribution in [0, 0.1) is 0 Å². The van der Waals surface area contributed by atoms with E-state index in [4.69, 9.17) is 14.2 Å². The Kier molecular flexibility index (Phi) is 3.84. The van der Waals surface area contributed by atoms with Crippen LogP contribution in [0.1, 0.15) is 11.1 Å². The smallest absolute Gasteiger partial charge is 0.363 e. The molecule has 3 rings (SSSR count). The number of ether oxygens (including phenoxy) is 3. The topological polar surface area (TPSA) is 74.9 Å². The van der Waals surface area contributed by atoms with Crippen molar-refractivity contribution in [3.8, 4) is 11.5 Å². The van der Waals surface area contributed by atoms with Crippen LogP contribution in [0.3, 0.4) is 0 Å². The van der Waals surface area contributed by atoms with Gasteiger partial charge in [-0.2, -0.15) is 5.10 Å². The van der Waals surface area contributed by atoms with Crippen LogP contribution in [0.25, 0.3) is 6.08 Å². The maximum absolute atomic E-state index is 12.0. The summed E-state index contributed by atoms with van der Waals surface area (Å²) in [6, 6.07) is 5.19. The largest absolute Gasteiger partial charge is 0.493 e. The molecule has 0 saturated heterocycles. The zero-order chi connectivity index (χ0) is 16.4. The van der Waals surface area contributed by atoms with Crippen LogP contribution < -0.4 is 9.47 Å². The van der Waals surface area contributed by atoms with Gasteiger partial charge in [0.1, 0.15) is 0 Å². The summed E-state index contributed by atoms with van der Waals surface area (Å²) in [5.41, 5.74) is 1.63. The lowest BCUT2D eigenvalue weighted by Gasteiger charge is -2.08. The van der Waals surface area contributed by atoms with Gasteiger partial charge in [0.25, 0.3) is 0 Å². The molecule has 1 aliphatic heterocycles. The van der Waals surface area contributed by atoms with E-state index in [2.05, 4.69) is 10.1 Å². The minimum absolute atomic E-state index is 0.225. The number of carbonyl (C=O) groups is 1. The fourth-order valence-corrected chi connectivity index (χ4v) is 2.17. The van der Waals surface area contributed by atoms with E-state index in [1.807, 2.05) is 0 Å². The number of hydrogen-bond donors (Lipinski definition) is 0. The van der Waals surface area contributed by atoms with Gasteiger partial charge < -0.3 is 14.2 Å². The average Bonchev–Trinajstić information content (AvgIpc) is 3.13. The Labute approximate surface area is 132 Å². The molecule has 23 heavy (non-hydrogen) atoms. The molecule has 118 valence electrons. The van der Waals surface area contributed by atoms with Gasteiger partial charge in [0.2, 0.25) is 5.90 Å². The second kappa shape index (κ2) is 5.96. The van der Waals surface area contributed by atoms with Crippen LogP contribution in [0.5, 0.6) is 11.5 Å². The van der Waals surface area contributed by atoms with Crippen molar-refractivity contribution >= 4 is 17.9 Å². The van der Waals surface area contributed by atoms with Gasteiger partial charge in [-0.3, -0.25) is 4.68 Å². The van der Waals surface area contributed by atoms with Crippen molar-refractivity contribution in [3.05, 3.63) is 47.4 Å². The Hall–Kier alpha value is -3.09. The predicted octanol–water partition coefficient (Wildman–Crippen LogP) is 1.78. The van der Waals surface area contributed by atoms with Crippen molar-refractivity contribution in [2.75, 3.05) is 14.2 Å². The van der Waals surface area contributed by atoms with Crippen molar-refractivity contribution in [2.24, 2.45) is 12.0 Å². The Balaban J connectivity index is 1.93. The van der Waals surface area contributed by atoms with Gasteiger partial charge in [-0.25, -0.2) is 9.79 Å². The van der Waals surface area contributed by atoms with E-state index in [1.165, 1.54) is 7.11 Å². The van der Waals surface area contributed by atoms with Crippen LogP contribution in [0.2, 0.25) is 0 Å². The van der Waals surface area contributed by atoms with E-state index in [-0.39, 0.29) is 11.6 Å². The molecule has 0 aliphatic carbocycles. The molecular weight excluding hydrogens is 298 g/mol. The minimum atomic E-state index is -0.501. The van der Waals surface area contributed by atoms with E-state index in [0.717, 1.165) is 5.56 Å². The van der Waals surface area contributed by atoms with Crippen LogP contribution in [0.15, 0.2) is 41.3 Å². The molecule has 0 N–H and O–H groups in total. The number of carbonyl (C=O) groups excluding carboxylic acids is 1. The number of hydrogen-bond acceptors (Lipinski definition) is 6. The van der Waals surface area contributed by atoms with Gasteiger partial charge in [0.15, 0.2) is 17.2 Å². The summed E-state index contributed by atoms with van der Waals surface area (Å²) in [7, 11) is 4.89. The molecule has 0 bridgehead atoms. The second-order valence-corrected chi connectivity index (χ2v) is 4.85. The number of methoxy groups -OCH3 is 2. The maximum atomic E-state index is 12.0. The highest BCUT2D eigenvalue weighted by atomic mass is 16.6.